The predicted molar refractivity (Wildman–Crippen MR) is 87.5 cm³/mol. The molecule has 1 aromatic heterocycles. The van der Waals surface area contributed by atoms with Crippen LogP contribution in [0.4, 0.5) is 0 Å². The van der Waals surface area contributed by atoms with E-state index in [9.17, 15) is 4.79 Å². The quantitative estimate of drug-likeness (QED) is 0.770. The van der Waals surface area contributed by atoms with E-state index in [1.165, 1.54) is 0 Å². The van der Waals surface area contributed by atoms with Crippen molar-refractivity contribution < 1.29 is 9.53 Å². The number of rotatable bonds is 4. The Kier molecular flexibility index (Phi) is 4.02. The Morgan fingerprint density at radius 3 is 2.91 bits per heavy atom. The number of benzene rings is 2. The lowest BCUT2D eigenvalue weighted by Gasteiger charge is -2.09. The van der Waals surface area contributed by atoms with Crippen molar-refractivity contribution in [3.63, 3.8) is 0 Å². The van der Waals surface area contributed by atoms with Crippen molar-refractivity contribution in [2.24, 2.45) is 0 Å². The zero-order chi connectivity index (χ0) is 15.5. The molecule has 5 heteroatoms. The number of H-pyrrole nitrogens is 1. The van der Waals surface area contributed by atoms with E-state index in [-0.39, 0.29) is 5.91 Å². The lowest BCUT2D eigenvalue weighted by Crippen LogP contribution is -2.22. The van der Waals surface area contributed by atoms with E-state index in [4.69, 9.17) is 16.3 Å². The molecule has 112 valence electrons. The summed E-state index contributed by atoms with van der Waals surface area (Å²) in [4.78, 5) is 15.4. The van der Waals surface area contributed by atoms with Gasteiger partial charge in [0.05, 0.1) is 12.7 Å². The summed E-state index contributed by atoms with van der Waals surface area (Å²) in [7, 11) is 1.62. The number of carbonyl (C=O) groups excluding carboxylic acids is 1. The van der Waals surface area contributed by atoms with Crippen molar-refractivity contribution in [2.75, 3.05) is 7.11 Å². The highest BCUT2D eigenvalue weighted by molar-refractivity contribution is 6.31. The summed E-state index contributed by atoms with van der Waals surface area (Å²) in [6.45, 7) is 0.406. The molecule has 22 heavy (non-hydrogen) atoms. The zero-order valence-electron chi connectivity index (χ0n) is 12.0. The number of halogens is 1. The van der Waals surface area contributed by atoms with Crippen molar-refractivity contribution in [1.82, 2.24) is 10.3 Å². The number of amides is 1. The third-order valence-electron chi connectivity index (χ3n) is 3.52. The number of methoxy groups -OCH3 is 1. The first-order chi connectivity index (χ1) is 10.7. The largest absolute Gasteiger partial charge is 0.496 e. The molecule has 2 aromatic carbocycles. The van der Waals surface area contributed by atoms with Gasteiger partial charge in [-0.3, -0.25) is 4.79 Å². The first-order valence-electron chi connectivity index (χ1n) is 6.86. The van der Waals surface area contributed by atoms with Crippen LogP contribution in [-0.2, 0) is 6.54 Å². The van der Waals surface area contributed by atoms with Gasteiger partial charge in [-0.1, -0.05) is 35.9 Å². The number of ether oxygens (including phenoxy) is 1. The predicted octanol–water partition coefficient (Wildman–Crippen LogP) is 3.76. The van der Waals surface area contributed by atoms with Crippen LogP contribution in [0.5, 0.6) is 5.75 Å². The highest BCUT2D eigenvalue weighted by Crippen LogP contribution is 2.22. The van der Waals surface area contributed by atoms with Gasteiger partial charge in [0.25, 0.3) is 5.91 Å². The van der Waals surface area contributed by atoms with E-state index >= 15 is 0 Å². The van der Waals surface area contributed by atoms with Crippen LogP contribution in [0.25, 0.3) is 10.9 Å². The highest BCUT2D eigenvalue weighted by Gasteiger charge is 2.12. The van der Waals surface area contributed by atoms with Crippen LogP contribution in [-0.4, -0.2) is 18.0 Å². The second kappa shape index (κ2) is 6.12. The monoisotopic (exact) mass is 314 g/mol. The zero-order valence-corrected chi connectivity index (χ0v) is 12.8. The lowest BCUT2D eigenvalue weighted by atomic mass is 10.1. The maximum Gasteiger partial charge on any atom is 0.253 e. The van der Waals surface area contributed by atoms with E-state index in [0.717, 1.165) is 22.2 Å². The van der Waals surface area contributed by atoms with Gasteiger partial charge in [0.1, 0.15) is 5.75 Å². The Hall–Kier alpha value is -2.46. The van der Waals surface area contributed by atoms with Gasteiger partial charge >= 0.3 is 0 Å². The minimum absolute atomic E-state index is 0.139. The number of aromatic amines is 1. The Balaban J connectivity index is 1.79. The molecule has 3 rings (SSSR count). The molecule has 3 aromatic rings. The molecule has 1 heterocycles. The fraction of sp³-hybridized carbons (Fsp3) is 0.118. The number of aromatic nitrogens is 1. The molecular weight excluding hydrogens is 300 g/mol. The average Bonchev–Trinajstić information content (AvgIpc) is 2.95. The van der Waals surface area contributed by atoms with Crippen LogP contribution in [0.2, 0.25) is 5.02 Å². The molecule has 2 N–H and O–H groups in total. The summed E-state index contributed by atoms with van der Waals surface area (Å²) in [5.41, 5.74) is 2.37. The molecule has 0 saturated heterocycles. The Morgan fingerprint density at radius 2 is 2.09 bits per heavy atom. The Morgan fingerprint density at radius 1 is 1.27 bits per heavy atom. The van der Waals surface area contributed by atoms with Gasteiger partial charge in [-0.05, 0) is 18.2 Å². The maximum atomic E-state index is 12.4. The minimum Gasteiger partial charge on any atom is -0.496 e. The Bertz CT molecular complexity index is 826. The lowest BCUT2D eigenvalue weighted by molar-refractivity contribution is 0.0952. The number of hydrogen-bond donors (Lipinski definition) is 2. The fourth-order valence-electron chi connectivity index (χ4n) is 2.41. The molecule has 0 aliphatic rings. The van der Waals surface area contributed by atoms with Gasteiger partial charge in [0.2, 0.25) is 0 Å². The van der Waals surface area contributed by atoms with Crippen LogP contribution >= 0.6 is 11.6 Å². The molecular formula is C17H15ClN2O2. The number of nitrogens with one attached hydrogen (secondary N) is 2. The summed E-state index contributed by atoms with van der Waals surface area (Å²) >= 11 is 5.95. The third-order valence-corrected chi connectivity index (χ3v) is 3.76. The fourth-order valence-corrected chi connectivity index (χ4v) is 2.58. The summed E-state index contributed by atoms with van der Waals surface area (Å²) in [5.74, 6) is 0.619. The summed E-state index contributed by atoms with van der Waals surface area (Å²) < 4.78 is 5.28. The van der Waals surface area contributed by atoms with Gasteiger partial charge < -0.3 is 15.0 Å². The third kappa shape index (κ3) is 2.78. The van der Waals surface area contributed by atoms with Crippen LogP contribution in [0, 0.1) is 0 Å². The van der Waals surface area contributed by atoms with Crippen molar-refractivity contribution in [3.8, 4) is 5.75 Å². The first kappa shape index (κ1) is 14.5. The number of fused-ring (bicyclic) bond motifs is 1. The van der Waals surface area contributed by atoms with Crippen LogP contribution in [0.15, 0.2) is 48.7 Å². The smallest absolute Gasteiger partial charge is 0.253 e. The van der Waals surface area contributed by atoms with Gasteiger partial charge in [-0.2, -0.15) is 0 Å². The van der Waals surface area contributed by atoms with Crippen LogP contribution < -0.4 is 10.1 Å². The van der Waals surface area contributed by atoms with Crippen molar-refractivity contribution in [2.45, 2.75) is 6.54 Å². The number of para-hydroxylation sites is 1. The van der Waals surface area contributed by atoms with Crippen molar-refractivity contribution in [3.05, 3.63) is 64.8 Å². The highest BCUT2D eigenvalue weighted by atomic mass is 35.5. The van der Waals surface area contributed by atoms with E-state index in [1.807, 2.05) is 30.3 Å². The molecule has 0 atom stereocenters. The van der Waals surface area contributed by atoms with E-state index in [0.29, 0.717) is 17.1 Å². The number of hydrogen-bond acceptors (Lipinski definition) is 2. The maximum absolute atomic E-state index is 12.4. The summed E-state index contributed by atoms with van der Waals surface area (Å²) in [6.07, 6.45) is 1.69. The SMILES string of the molecule is COc1ccccc1CNC(=O)c1c[nH]c2cc(Cl)ccc12. The topological polar surface area (TPSA) is 54.1 Å². The number of carbonyl (C=O) groups is 1. The van der Waals surface area contributed by atoms with Crippen molar-refractivity contribution >= 4 is 28.4 Å². The van der Waals surface area contributed by atoms with Gasteiger partial charge in [-0.15, -0.1) is 0 Å². The van der Waals surface area contributed by atoms with E-state index < -0.39 is 0 Å². The molecule has 0 fully saturated rings. The molecule has 0 spiro atoms. The standard InChI is InChI=1S/C17H15ClN2O2/c1-22-16-5-3-2-4-11(16)9-20-17(21)14-10-19-15-8-12(18)6-7-13(14)15/h2-8,10,19H,9H2,1H3,(H,20,21). The normalized spacial score (nSPS) is 10.6. The molecule has 0 saturated carbocycles. The van der Waals surface area contributed by atoms with E-state index in [2.05, 4.69) is 10.3 Å². The van der Waals surface area contributed by atoms with Crippen molar-refractivity contribution in [1.29, 1.82) is 0 Å². The summed E-state index contributed by atoms with van der Waals surface area (Å²) in [5, 5.41) is 4.39. The molecule has 0 bridgehead atoms. The van der Waals surface area contributed by atoms with Crippen LogP contribution in [0.1, 0.15) is 15.9 Å². The summed E-state index contributed by atoms with van der Waals surface area (Å²) in [6, 6.07) is 13.0. The van der Waals surface area contributed by atoms with Gasteiger partial charge in [0, 0.05) is 34.2 Å². The molecule has 0 unspecified atom stereocenters. The van der Waals surface area contributed by atoms with Crippen LogP contribution in [0.3, 0.4) is 0 Å². The first-order valence-corrected chi connectivity index (χ1v) is 7.23. The minimum atomic E-state index is -0.139. The Labute approximate surface area is 133 Å². The molecule has 0 radical (unpaired) electrons. The second-order valence-electron chi connectivity index (χ2n) is 4.89. The molecule has 0 aliphatic carbocycles. The molecule has 0 aliphatic heterocycles. The molecule has 1 amide bonds. The van der Waals surface area contributed by atoms with E-state index in [1.54, 1.807) is 25.4 Å². The second-order valence-corrected chi connectivity index (χ2v) is 5.32. The van der Waals surface area contributed by atoms with Gasteiger partial charge in [0.15, 0.2) is 0 Å². The average molecular weight is 315 g/mol. The van der Waals surface area contributed by atoms with Gasteiger partial charge in [-0.25, -0.2) is 0 Å². The molecule has 4 nitrogen and oxygen atoms in total.